The van der Waals surface area contributed by atoms with Gasteiger partial charge in [0.15, 0.2) is 0 Å². The first-order chi connectivity index (χ1) is 11.7. The zero-order chi connectivity index (χ0) is 16.7. The number of imide groups is 1. The van der Waals surface area contributed by atoms with Crippen molar-refractivity contribution >= 4 is 17.4 Å². The van der Waals surface area contributed by atoms with Gasteiger partial charge in [-0.3, -0.25) is 14.5 Å². The maximum absolute atomic E-state index is 13.2. The molecular weight excluding hydrogens is 307 g/mol. The highest BCUT2D eigenvalue weighted by Crippen LogP contribution is 2.31. The largest absolute Gasteiger partial charge is 0.311 e. The standard InChI is InChI=1S/C19H15FN2O2/c20-13-7-5-12(6-8-13)14-9-10-21-11-17(14)22-18(23)15-3-1-2-4-16(15)19(22)24/h1-9,17,21H,10-11H2. The lowest BCUT2D eigenvalue weighted by atomic mass is 9.94. The molecule has 1 N–H and O–H groups in total. The van der Waals surface area contributed by atoms with Crippen LogP contribution in [0.4, 0.5) is 4.39 Å². The maximum Gasteiger partial charge on any atom is 0.262 e. The molecule has 2 aromatic rings. The third kappa shape index (κ3) is 2.25. The predicted molar refractivity (Wildman–Crippen MR) is 88.0 cm³/mol. The Morgan fingerprint density at radius 2 is 1.58 bits per heavy atom. The molecule has 0 radical (unpaired) electrons. The van der Waals surface area contributed by atoms with Crippen molar-refractivity contribution in [3.63, 3.8) is 0 Å². The van der Waals surface area contributed by atoms with Crippen LogP contribution in [0.1, 0.15) is 26.3 Å². The molecule has 1 atom stereocenters. The second-order valence-corrected chi connectivity index (χ2v) is 5.87. The molecule has 0 saturated carbocycles. The fourth-order valence-corrected chi connectivity index (χ4v) is 3.32. The lowest BCUT2D eigenvalue weighted by molar-refractivity contribution is 0.0618. The average molecular weight is 322 g/mol. The van der Waals surface area contributed by atoms with Crippen LogP contribution in [0, 0.1) is 5.82 Å². The van der Waals surface area contributed by atoms with Crippen LogP contribution in [-0.2, 0) is 0 Å². The fourth-order valence-electron chi connectivity index (χ4n) is 3.32. The third-order valence-corrected chi connectivity index (χ3v) is 4.48. The van der Waals surface area contributed by atoms with Crippen molar-refractivity contribution in [2.45, 2.75) is 6.04 Å². The molecule has 0 aromatic heterocycles. The van der Waals surface area contributed by atoms with Gasteiger partial charge >= 0.3 is 0 Å². The number of fused-ring (bicyclic) bond motifs is 1. The van der Waals surface area contributed by atoms with Crippen molar-refractivity contribution in [2.24, 2.45) is 0 Å². The van der Waals surface area contributed by atoms with Gasteiger partial charge < -0.3 is 5.32 Å². The topological polar surface area (TPSA) is 49.4 Å². The second-order valence-electron chi connectivity index (χ2n) is 5.87. The number of nitrogens with one attached hydrogen (secondary N) is 1. The van der Waals surface area contributed by atoms with E-state index in [4.69, 9.17) is 0 Å². The van der Waals surface area contributed by atoms with Gasteiger partial charge in [-0.2, -0.15) is 0 Å². The lowest BCUT2D eigenvalue weighted by Gasteiger charge is -2.32. The van der Waals surface area contributed by atoms with Crippen LogP contribution in [0.25, 0.3) is 5.57 Å². The van der Waals surface area contributed by atoms with Crippen molar-refractivity contribution in [3.05, 3.63) is 77.1 Å². The Labute approximate surface area is 138 Å². The van der Waals surface area contributed by atoms with E-state index < -0.39 is 6.04 Å². The summed E-state index contributed by atoms with van der Waals surface area (Å²) in [6.45, 7) is 1.13. The molecule has 0 spiro atoms. The summed E-state index contributed by atoms with van der Waals surface area (Å²) in [4.78, 5) is 26.8. The Balaban J connectivity index is 1.74. The van der Waals surface area contributed by atoms with Gasteiger partial charge in [0.2, 0.25) is 0 Å². The van der Waals surface area contributed by atoms with Gasteiger partial charge in [0, 0.05) is 13.1 Å². The zero-order valence-electron chi connectivity index (χ0n) is 12.8. The van der Waals surface area contributed by atoms with Crippen LogP contribution in [0.2, 0.25) is 0 Å². The Morgan fingerprint density at radius 1 is 0.958 bits per heavy atom. The summed E-state index contributed by atoms with van der Waals surface area (Å²) in [5, 5.41) is 3.19. The highest BCUT2D eigenvalue weighted by Gasteiger charge is 2.41. The number of nitrogens with zero attached hydrogens (tertiary/aromatic N) is 1. The first-order valence-electron chi connectivity index (χ1n) is 7.80. The van der Waals surface area contributed by atoms with Crippen LogP contribution in [-0.4, -0.2) is 35.8 Å². The average Bonchev–Trinajstić information content (AvgIpc) is 2.87. The summed E-state index contributed by atoms with van der Waals surface area (Å²) in [5.74, 6) is -0.875. The van der Waals surface area contributed by atoms with Gasteiger partial charge in [-0.15, -0.1) is 0 Å². The summed E-state index contributed by atoms with van der Waals surface area (Å²) in [5.41, 5.74) is 2.56. The number of hydrogen-bond donors (Lipinski definition) is 1. The molecular formula is C19H15FN2O2. The molecule has 24 heavy (non-hydrogen) atoms. The van der Waals surface area contributed by atoms with E-state index in [0.717, 1.165) is 11.1 Å². The first-order valence-corrected chi connectivity index (χ1v) is 7.80. The fraction of sp³-hybridized carbons (Fsp3) is 0.158. The van der Waals surface area contributed by atoms with Gasteiger partial charge in [0.05, 0.1) is 17.2 Å². The molecule has 2 aromatic carbocycles. The summed E-state index contributed by atoms with van der Waals surface area (Å²) in [6, 6.07) is 12.6. The Kier molecular flexibility index (Phi) is 3.50. The van der Waals surface area contributed by atoms with Crippen LogP contribution in [0.15, 0.2) is 54.6 Å². The van der Waals surface area contributed by atoms with E-state index in [9.17, 15) is 14.0 Å². The minimum absolute atomic E-state index is 0.280. The third-order valence-electron chi connectivity index (χ3n) is 4.48. The quantitative estimate of drug-likeness (QED) is 0.864. The highest BCUT2D eigenvalue weighted by molar-refractivity contribution is 6.22. The first kappa shape index (κ1) is 14.8. The van der Waals surface area contributed by atoms with Crippen molar-refractivity contribution in [1.82, 2.24) is 10.2 Å². The van der Waals surface area contributed by atoms with E-state index in [-0.39, 0.29) is 17.6 Å². The Bertz CT molecular complexity index is 823. The van der Waals surface area contributed by atoms with Crippen LogP contribution in [0.3, 0.4) is 0 Å². The number of carbonyl (C=O) groups excluding carboxylic acids is 2. The van der Waals surface area contributed by atoms with E-state index in [1.807, 2.05) is 6.08 Å². The normalized spacial score (nSPS) is 20.1. The van der Waals surface area contributed by atoms with E-state index in [1.54, 1.807) is 36.4 Å². The van der Waals surface area contributed by atoms with Gasteiger partial charge in [0.25, 0.3) is 11.8 Å². The maximum atomic E-state index is 13.2. The minimum atomic E-state index is -0.406. The molecule has 0 aliphatic carbocycles. The SMILES string of the molecule is O=C1c2ccccc2C(=O)N1C1CNCC=C1c1ccc(F)cc1. The van der Waals surface area contributed by atoms with Gasteiger partial charge in [-0.1, -0.05) is 30.3 Å². The van der Waals surface area contributed by atoms with E-state index >= 15 is 0 Å². The number of amides is 2. The van der Waals surface area contributed by atoms with Crippen molar-refractivity contribution in [1.29, 1.82) is 0 Å². The molecule has 120 valence electrons. The summed E-state index contributed by atoms with van der Waals surface area (Å²) in [7, 11) is 0. The highest BCUT2D eigenvalue weighted by atomic mass is 19.1. The number of halogens is 1. The second kappa shape index (κ2) is 5.69. The monoisotopic (exact) mass is 322 g/mol. The lowest BCUT2D eigenvalue weighted by Crippen LogP contribution is -2.48. The molecule has 2 amide bonds. The van der Waals surface area contributed by atoms with E-state index in [2.05, 4.69) is 5.32 Å². The zero-order valence-corrected chi connectivity index (χ0v) is 12.8. The van der Waals surface area contributed by atoms with Crippen molar-refractivity contribution in [2.75, 3.05) is 13.1 Å². The number of carbonyl (C=O) groups is 2. The van der Waals surface area contributed by atoms with Crippen LogP contribution in [0.5, 0.6) is 0 Å². The number of hydrogen-bond acceptors (Lipinski definition) is 3. The summed E-state index contributed by atoms with van der Waals surface area (Å²) >= 11 is 0. The van der Waals surface area contributed by atoms with E-state index in [0.29, 0.717) is 24.2 Å². The molecule has 4 rings (SSSR count). The Morgan fingerprint density at radius 3 is 2.21 bits per heavy atom. The molecule has 4 nitrogen and oxygen atoms in total. The molecule has 0 fully saturated rings. The molecule has 5 heteroatoms. The molecule has 2 aliphatic rings. The van der Waals surface area contributed by atoms with Crippen molar-refractivity contribution in [3.8, 4) is 0 Å². The van der Waals surface area contributed by atoms with E-state index in [1.165, 1.54) is 17.0 Å². The number of rotatable bonds is 2. The van der Waals surface area contributed by atoms with Gasteiger partial charge in [-0.05, 0) is 35.4 Å². The van der Waals surface area contributed by atoms with Gasteiger partial charge in [0.1, 0.15) is 5.82 Å². The Hall–Kier alpha value is -2.79. The minimum Gasteiger partial charge on any atom is -0.311 e. The van der Waals surface area contributed by atoms with Crippen LogP contribution >= 0.6 is 0 Å². The molecule has 2 heterocycles. The summed E-state index contributed by atoms with van der Waals surface area (Å²) < 4.78 is 13.2. The van der Waals surface area contributed by atoms with Gasteiger partial charge in [-0.25, -0.2) is 4.39 Å². The van der Waals surface area contributed by atoms with Crippen molar-refractivity contribution < 1.29 is 14.0 Å². The summed E-state index contributed by atoms with van der Waals surface area (Å²) in [6.07, 6.45) is 1.95. The smallest absolute Gasteiger partial charge is 0.262 e. The predicted octanol–water partition coefficient (Wildman–Crippen LogP) is 2.48. The molecule has 1 unspecified atom stereocenters. The molecule has 2 aliphatic heterocycles. The molecule has 0 bridgehead atoms. The molecule has 0 saturated heterocycles. The van der Waals surface area contributed by atoms with Crippen LogP contribution < -0.4 is 5.32 Å². The number of benzene rings is 2.